The van der Waals surface area contributed by atoms with E-state index in [1.165, 1.54) is 17.7 Å². The van der Waals surface area contributed by atoms with Crippen LogP contribution in [0.3, 0.4) is 0 Å². The summed E-state index contributed by atoms with van der Waals surface area (Å²) in [5.41, 5.74) is 3.52. The summed E-state index contributed by atoms with van der Waals surface area (Å²) >= 11 is 17.3. The van der Waals surface area contributed by atoms with Gasteiger partial charge < -0.3 is 4.57 Å². The summed E-state index contributed by atoms with van der Waals surface area (Å²) in [5, 5.41) is 3.28. The van der Waals surface area contributed by atoms with E-state index in [0.29, 0.717) is 21.8 Å². The Morgan fingerprint density at radius 1 is 1.10 bits per heavy atom. The number of benzene rings is 1. The van der Waals surface area contributed by atoms with E-state index >= 15 is 0 Å². The maximum absolute atomic E-state index is 13.2. The van der Waals surface area contributed by atoms with Gasteiger partial charge >= 0.3 is 0 Å². The third-order valence-electron chi connectivity index (χ3n) is 5.78. The molecule has 2 aromatic rings. The number of nitrogens with one attached hydrogen (secondary N) is 1. The molecule has 2 aliphatic rings. The molecule has 0 bridgehead atoms. The molecule has 1 saturated carbocycles. The first-order chi connectivity index (χ1) is 14.3. The van der Waals surface area contributed by atoms with E-state index in [2.05, 4.69) is 16.8 Å². The van der Waals surface area contributed by atoms with Gasteiger partial charge in [-0.05, 0) is 74.8 Å². The minimum atomic E-state index is -0.507. The molecule has 8 heteroatoms. The fourth-order valence-electron chi connectivity index (χ4n) is 4.34. The van der Waals surface area contributed by atoms with Gasteiger partial charge in [-0.15, -0.1) is 0 Å². The van der Waals surface area contributed by atoms with Gasteiger partial charge in [0.2, 0.25) is 0 Å². The van der Waals surface area contributed by atoms with Crippen molar-refractivity contribution in [1.82, 2.24) is 9.88 Å². The number of aryl methyl sites for hydroxylation is 1. The van der Waals surface area contributed by atoms with Crippen LogP contribution in [0.25, 0.3) is 6.08 Å². The van der Waals surface area contributed by atoms with Crippen molar-refractivity contribution in [2.75, 3.05) is 4.90 Å². The Morgan fingerprint density at radius 3 is 2.47 bits per heavy atom. The van der Waals surface area contributed by atoms with Crippen molar-refractivity contribution in [1.29, 1.82) is 0 Å². The van der Waals surface area contributed by atoms with Gasteiger partial charge in [0.05, 0.1) is 15.7 Å². The molecule has 2 heterocycles. The predicted molar refractivity (Wildman–Crippen MR) is 124 cm³/mol. The van der Waals surface area contributed by atoms with Gasteiger partial charge in [-0.1, -0.05) is 36.0 Å². The first-order valence-corrected chi connectivity index (χ1v) is 11.0. The topological polar surface area (TPSA) is 54.3 Å². The lowest BCUT2D eigenvalue weighted by Crippen LogP contribution is -2.54. The minimum Gasteiger partial charge on any atom is -0.346 e. The molecule has 2 fully saturated rings. The lowest BCUT2D eigenvalue weighted by molar-refractivity contribution is -0.122. The van der Waals surface area contributed by atoms with Gasteiger partial charge in [0.25, 0.3) is 11.8 Å². The van der Waals surface area contributed by atoms with Gasteiger partial charge in [0.15, 0.2) is 5.11 Å². The Bertz CT molecular complexity index is 1100. The fourth-order valence-corrected chi connectivity index (χ4v) is 4.92. The third-order valence-corrected chi connectivity index (χ3v) is 6.80. The molecule has 4 rings (SSSR count). The highest BCUT2D eigenvalue weighted by molar-refractivity contribution is 7.80. The van der Waals surface area contributed by atoms with Crippen LogP contribution >= 0.6 is 35.4 Å². The van der Waals surface area contributed by atoms with Crippen LogP contribution in [0.15, 0.2) is 29.8 Å². The van der Waals surface area contributed by atoms with Gasteiger partial charge in [-0.25, -0.2) is 0 Å². The largest absolute Gasteiger partial charge is 0.346 e. The number of hydrogen-bond acceptors (Lipinski definition) is 3. The predicted octanol–water partition coefficient (Wildman–Crippen LogP) is 5.36. The van der Waals surface area contributed by atoms with E-state index < -0.39 is 11.8 Å². The summed E-state index contributed by atoms with van der Waals surface area (Å²) in [7, 11) is 0. The van der Waals surface area contributed by atoms with Crippen LogP contribution in [-0.4, -0.2) is 21.5 Å². The summed E-state index contributed by atoms with van der Waals surface area (Å²) in [5.74, 6) is -1.00. The number of halogens is 2. The molecule has 5 nitrogen and oxygen atoms in total. The first kappa shape index (κ1) is 21.1. The van der Waals surface area contributed by atoms with Crippen molar-refractivity contribution in [2.45, 2.75) is 45.6 Å². The quantitative estimate of drug-likeness (QED) is 0.380. The highest BCUT2D eigenvalue weighted by Crippen LogP contribution is 2.34. The second-order valence-electron chi connectivity index (χ2n) is 7.69. The van der Waals surface area contributed by atoms with Crippen LogP contribution < -0.4 is 10.2 Å². The minimum absolute atomic E-state index is 0.0111. The average molecular weight is 462 g/mol. The lowest BCUT2D eigenvalue weighted by atomic mass is 10.1. The van der Waals surface area contributed by atoms with E-state index in [-0.39, 0.29) is 10.7 Å². The first-order valence-electron chi connectivity index (χ1n) is 9.83. The highest BCUT2D eigenvalue weighted by Gasteiger charge is 2.35. The average Bonchev–Trinajstić information content (AvgIpc) is 3.29. The summed E-state index contributed by atoms with van der Waals surface area (Å²) in [6.07, 6.45) is 6.43. The summed E-state index contributed by atoms with van der Waals surface area (Å²) in [6, 6.07) is 7.28. The zero-order valence-corrected chi connectivity index (χ0v) is 19.0. The van der Waals surface area contributed by atoms with E-state index in [0.717, 1.165) is 29.8 Å². The van der Waals surface area contributed by atoms with Gasteiger partial charge in [-0.2, -0.15) is 0 Å². The Balaban J connectivity index is 1.73. The molecule has 0 radical (unpaired) electrons. The number of hydrogen-bond donors (Lipinski definition) is 1. The molecule has 156 valence electrons. The molecule has 1 N–H and O–H groups in total. The number of carbonyl (C=O) groups is 2. The van der Waals surface area contributed by atoms with E-state index in [4.69, 9.17) is 35.4 Å². The number of anilines is 1. The zero-order chi connectivity index (χ0) is 21.6. The molecule has 1 aliphatic heterocycles. The van der Waals surface area contributed by atoms with Crippen molar-refractivity contribution < 1.29 is 9.59 Å². The van der Waals surface area contributed by atoms with Gasteiger partial charge in [-0.3, -0.25) is 19.8 Å². The smallest absolute Gasteiger partial charge is 0.270 e. The molecule has 1 saturated heterocycles. The molecule has 30 heavy (non-hydrogen) atoms. The fraction of sp³-hybridized carbons (Fsp3) is 0.318. The van der Waals surface area contributed by atoms with Crippen LogP contribution in [0, 0.1) is 13.8 Å². The normalized spacial score (nSPS) is 19.1. The Morgan fingerprint density at radius 2 is 1.80 bits per heavy atom. The highest BCUT2D eigenvalue weighted by atomic mass is 35.5. The molecule has 0 atom stereocenters. The summed E-state index contributed by atoms with van der Waals surface area (Å²) in [4.78, 5) is 27.1. The standard InChI is InChI=1S/C22H21Cl2N3O2S/c1-12-9-14(13(2)26(12)15-5-3-4-6-15)10-17-20(28)25-22(30)27(21(17)29)16-7-8-18(23)19(24)11-16/h7-11,15H,3-6H2,1-2H3,(H,25,28,30)/b17-10+. The van der Waals surface area contributed by atoms with Crippen molar-refractivity contribution in [2.24, 2.45) is 0 Å². The Kier molecular flexibility index (Phi) is 5.75. The van der Waals surface area contributed by atoms with Crippen LogP contribution in [0.2, 0.25) is 10.0 Å². The van der Waals surface area contributed by atoms with Crippen molar-refractivity contribution in [3.63, 3.8) is 0 Å². The molecule has 0 spiro atoms. The number of amides is 2. The number of rotatable bonds is 3. The Labute approximate surface area is 190 Å². The van der Waals surface area contributed by atoms with Gasteiger partial charge in [0, 0.05) is 17.4 Å². The lowest BCUT2D eigenvalue weighted by Gasteiger charge is -2.29. The number of nitrogens with zero attached hydrogens (tertiary/aromatic N) is 2. The third kappa shape index (κ3) is 3.68. The van der Waals surface area contributed by atoms with Crippen LogP contribution in [0.1, 0.15) is 48.7 Å². The number of carbonyl (C=O) groups excluding carboxylic acids is 2. The zero-order valence-electron chi connectivity index (χ0n) is 16.7. The van der Waals surface area contributed by atoms with Crippen LogP contribution in [0.5, 0.6) is 0 Å². The molecule has 1 aliphatic carbocycles. The molecule has 0 unspecified atom stereocenters. The maximum Gasteiger partial charge on any atom is 0.270 e. The summed E-state index contributed by atoms with van der Waals surface area (Å²) < 4.78 is 2.33. The molecule has 1 aromatic heterocycles. The SMILES string of the molecule is Cc1cc(/C=C2\C(=O)NC(=S)N(c3ccc(Cl)c(Cl)c3)C2=O)c(C)n1C1CCCC1. The number of thiocarbonyl (C=S) groups is 1. The molecular formula is C22H21Cl2N3O2S. The second kappa shape index (κ2) is 8.17. The maximum atomic E-state index is 13.2. The monoisotopic (exact) mass is 461 g/mol. The molecule has 1 aromatic carbocycles. The second-order valence-corrected chi connectivity index (χ2v) is 8.89. The summed E-state index contributed by atoms with van der Waals surface area (Å²) in [6.45, 7) is 4.09. The van der Waals surface area contributed by atoms with E-state index in [1.807, 2.05) is 13.0 Å². The molecular weight excluding hydrogens is 441 g/mol. The number of aromatic nitrogens is 1. The van der Waals surface area contributed by atoms with Crippen LogP contribution in [0.4, 0.5) is 5.69 Å². The van der Waals surface area contributed by atoms with E-state index in [1.54, 1.807) is 24.3 Å². The van der Waals surface area contributed by atoms with Gasteiger partial charge in [0.1, 0.15) is 5.57 Å². The van der Waals surface area contributed by atoms with Crippen LogP contribution in [-0.2, 0) is 9.59 Å². The Hall–Kier alpha value is -2.15. The van der Waals surface area contributed by atoms with Crippen molar-refractivity contribution >= 4 is 64.1 Å². The van der Waals surface area contributed by atoms with Crippen molar-refractivity contribution in [3.05, 3.63) is 56.8 Å². The molecule has 2 amide bonds. The van der Waals surface area contributed by atoms with Crippen molar-refractivity contribution in [3.8, 4) is 0 Å². The van der Waals surface area contributed by atoms with E-state index in [9.17, 15) is 9.59 Å².